The Kier molecular flexibility index (Phi) is 4.64. The summed E-state index contributed by atoms with van der Waals surface area (Å²) in [4.78, 5) is 18.2. The van der Waals surface area contributed by atoms with Gasteiger partial charge in [-0.05, 0) is 54.7 Å². The van der Waals surface area contributed by atoms with Crippen molar-refractivity contribution in [2.24, 2.45) is 0 Å². The average molecular weight is 405 g/mol. The van der Waals surface area contributed by atoms with Crippen molar-refractivity contribution < 1.29 is 9.21 Å². The van der Waals surface area contributed by atoms with Gasteiger partial charge in [-0.1, -0.05) is 41.9 Å². The number of hydrogen-bond acceptors (Lipinski definition) is 2. The molecule has 4 nitrogen and oxygen atoms in total. The number of H-pyrrole nitrogens is 1. The molecule has 3 heterocycles. The first kappa shape index (κ1) is 18.1. The molecule has 0 bridgehead atoms. The third-order valence-corrected chi connectivity index (χ3v) is 6.13. The Morgan fingerprint density at radius 3 is 2.59 bits per heavy atom. The molecule has 29 heavy (non-hydrogen) atoms. The maximum absolute atomic E-state index is 12.9. The Balaban J connectivity index is 1.29. The largest absolute Gasteiger partial charge is 0.451 e. The summed E-state index contributed by atoms with van der Waals surface area (Å²) in [7, 11) is 0. The number of aromatic amines is 1. The number of likely N-dealkylation sites (tertiary alicyclic amines) is 1. The number of benzene rings is 2. The van der Waals surface area contributed by atoms with Crippen LogP contribution in [0.15, 0.2) is 71.3 Å². The van der Waals surface area contributed by atoms with Crippen molar-refractivity contribution in [3.05, 3.63) is 83.2 Å². The van der Waals surface area contributed by atoms with Gasteiger partial charge in [-0.2, -0.15) is 0 Å². The molecule has 146 valence electrons. The average Bonchev–Trinajstić information content (AvgIpc) is 3.41. The number of amides is 1. The molecule has 1 aliphatic heterocycles. The van der Waals surface area contributed by atoms with Gasteiger partial charge in [-0.15, -0.1) is 0 Å². The number of hydrogen-bond donors (Lipinski definition) is 1. The highest BCUT2D eigenvalue weighted by Crippen LogP contribution is 2.34. The minimum atomic E-state index is -0.0549. The van der Waals surface area contributed by atoms with Crippen molar-refractivity contribution in [3.63, 3.8) is 0 Å². The molecular weight excluding hydrogens is 384 g/mol. The Morgan fingerprint density at radius 1 is 1.00 bits per heavy atom. The number of aromatic nitrogens is 1. The first-order valence-corrected chi connectivity index (χ1v) is 10.3. The molecule has 0 saturated carbocycles. The van der Waals surface area contributed by atoms with E-state index in [-0.39, 0.29) is 5.91 Å². The summed E-state index contributed by atoms with van der Waals surface area (Å²) in [5.41, 5.74) is 3.32. The maximum Gasteiger partial charge on any atom is 0.289 e. The topological polar surface area (TPSA) is 49.2 Å². The number of carbonyl (C=O) groups excluding carboxylic acids is 1. The number of nitrogens with zero attached hydrogens (tertiary/aromatic N) is 1. The van der Waals surface area contributed by atoms with Gasteiger partial charge in [-0.25, -0.2) is 0 Å². The molecule has 0 unspecified atom stereocenters. The van der Waals surface area contributed by atoms with E-state index in [0.29, 0.717) is 22.5 Å². The Morgan fingerprint density at radius 2 is 1.76 bits per heavy atom. The summed E-state index contributed by atoms with van der Waals surface area (Å²) in [5.74, 6) is 1.39. The van der Waals surface area contributed by atoms with Gasteiger partial charge in [0.1, 0.15) is 5.76 Å². The monoisotopic (exact) mass is 404 g/mol. The zero-order valence-electron chi connectivity index (χ0n) is 15.9. The summed E-state index contributed by atoms with van der Waals surface area (Å²) in [6, 6.07) is 19.4. The van der Waals surface area contributed by atoms with E-state index in [1.54, 1.807) is 6.07 Å². The molecule has 2 aromatic heterocycles. The fourth-order valence-electron chi connectivity index (χ4n) is 4.24. The fourth-order valence-corrected chi connectivity index (χ4v) is 4.47. The molecule has 1 N–H and O–H groups in total. The minimum Gasteiger partial charge on any atom is -0.451 e. The lowest BCUT2D eigenvalue weighted by Crippen LogP contribution is -2.37. The Bertz CT molecular complexity index is 1170. The molecular formula is C24H21ClN2O2. The normalized spacial score (nSPS) is 15.1. The molecule has 1 amide bonds. The number of nitrogens with one attached hydrogen (secondary N) is 1. The molecule has 0 aliphatic carbocycles. The zero-order chi connectivity index (χ0) is 19.8. The second-order valence-corrected chi connectivity index (χ2v) is 7.91. The SMILES string of the molecule is O=C(c1ccc(-c2ccccc2Cl)o1)N1CCC(c2c[nH]c3ccccc23)CC1. The first-order chi connectivity index (χ1) is 14.2. The molecule has 5 heteroatoms. The van der Waals surface area contributed by atoms with Gasteiger partial charge in [-0.3, -0.25) is 4.79 Å². The van der Waals surface area contributed by atoms with Crippen LogP contribution in [0.25, 0.3) is 22.2 Å². The van der Waals surface area contributed by atoms with Crippen LogP contribution in [0.4, 0.5) is 0 Å². The Labute approximate surface area is 174 Å². The minimum absolute atomic E-state index is 0.0549. The zero-order valence-corrected chi connectivity index (χ0v) is 16.7. The summed E-state index contributed by atoms with van der Waals surface area (Å²) in [6.07, 6.45) is 4.02. The van der Waals surface area contributed by atoms with Crippen LogP contribution in [0.1, 0.15) is 34.9 Å². The van der Waals surface area contributed by atoms with E-state index in [1.807, 2.05) is 41.3 Å². The van der Waals surface area contributed by atoms with Crippen LogP contribution in [0, 0.1) is 0 Å². The van der Waals surface area contributed by atoms with Crippen LogP contribution in [0.2, 0.25) is 5.02 Å². The second-order valence-electron chi connectivity index (χ2n) is 7.50. The third kappa shape index (κ3) is 3.34. The molecule has 1 aliphatic rings. The van der Waals surface area contributed by atoms with E-state index >= 15 is 0 Å². The van der Waals surface area contributed by atoms with Crippen molar-refractivity contribution in [1.29, 1.82) is 0 Å². The lowest BCUT2D eigenvalue weighted by atomic mass is 9.89. The molecule has 4 aromatic rings. The second kappa shape index (κ2) is 7.45. The molecule has 0 spiro atoms. The molecule has 1 saturated heterocycles. The van der Waals surface area contributed by atoms with Gasteiger partial charge >= 0.3 is 0 Å². The third-order valence-electron chi connectivity index (χ3n) is 5.80. The molecule has 2 aromatic carbocycles. The maximum atomic E-state index is 12.9. The highest BCUT2D eigenvalue weighted by molar-refractivity contribution is 6.33. The number of rotatable bonds is 3. The number of furan rings is 1. The summed E-state index contributed by atoms with van der Waals surface area (Å²) >= 11 is 6.24. The van der Waals surface area contributed by atoms with Crippen molar-refractivity contribution in [1.82, 2.24) is 9.88 Å². The predicted octanol–water partition coefficient (Wildman–Crippen LogP) is 6.10. The molecule has 0 radical (unpaired) electrons. The fraction of sp³-hybridized carbons (Fsp3) is 0.208. The van der Waals surface area contributed by atoms with Crippen LogP contribution >= 0.6 is 11.6 Å². The van der Waals surface area contributed by atoms with Crippen molar-refractivity contribution in [3.8, 4) is 11.3 Å². The highest BCUT2D eigenvalue weighted by Gasteiger charge is 2.27. The smallest absolute Gasteiger partial charge is 0.289 e. The number of halogens is 1. The van der Waals surface area contributed by atoms with Crippen molar-refractivity contribution in [2.75, 3.05) is 13.1 Å². The van der Waals surface area contributed by atoms with E-state index < -0.39 is 0 Å². The van der Waals surface area contributed by atoms with Crippen LogP contribution in [0.3, 0.4) is 0 Å². The summed E-state index contributed by atoms with van der Waals surface area (Å²) in [6.45, 7) is 1.45. The highest BCUT2D eigenvalue weighted by atomic mass is 35.5. The molecule has 5 rings (SSSR count). The van der Waals surface area contributed by atoms with Crippen molar-refractivity contribution >= 4 is 28.4 Å². The van der Waals surface area contributed by atoms with Crippen LogP contribution in [-0.4, -0.2) is 28.9 Å². The van der Waals surface area contributed by atoms with Gasteiger partial charge in [0.2, 0.25) is 0 Å². The first-order valence-electron chi connectivity index (χ1n) is 9.91. The molecule has 0 atom stereocenters. The lowest BCUT2D eigenvalue weighted by Gasteiger charge is -2.31. The van der Waals surface area contributed by atoms with Gasteiger partial charge < -0.3 is 14.3 Å². The summed E-state index contributed by atoms with van der Waals surface area (Å²) < 4.78 is 5.84. The number of carbonyl (C=O) groups is 1. The van der Waals surface area contributed by atoms with E-state index in [4.69, 9.17) is 16.0 Å². The van der Waals surface area contributed by atoms with E-state index in [1.165, 1.54) is 16.5 Å². The van der Waals surface area contributed by atoms with Gasteiger partial charge in [0.15, 0.2) is 5.76 Å². The summed E-state index contributed by atoms with van der Waals surface area (Å²) in [5, 5.41) is 1.90. The predicted molar refractivity (Wildman–Crippen MR) is 115 cm³/mol. The number of fused-ring (bicyclic) bond motifs is 1. The standard InChI is InChI=1S/C24H21ClN2O2/c25-20-7-3-1-6-18(20)22-9-10-23(29-22)24(28)27-13-11-16(12-14-27)19-15-26-21-8-4-2-5-17(19)21/h1-10,15-16,26H,11-14H2. The van der Waals surface area contributed by atoms with Crippen molar-refractivity contribution in [2.45, 2.75) is 18.8 Å². The van der Waals surface area contributed by atoms with Crippen LogP contribution < -0.4 is 0 Å². The van der Waals surface area contributed by atoms with E-state index in [9.17, 15) is 4.79 Å². The van der Waals surface area contributed by atoms with Gasteiger partial charge in [0.25, 0.3) is 5.91 Å². The molecule has 1 fully saturated rings. The lowest BCUT2D eigenvalue weighted by molar-refractivity contribution is 0.0682. The number of piperidine rings is 1. The van der Waals surface area contributed by atoms with Crippen LogP contribution in [0.5, 0.6) is 0 Å². The van der Waals surface area contributed by atoms with Crippen LogP contribution in [-0.2, 0) is 0 Å². The Hall–Kier alpha value is -2.98. The van der Waals surface area contributed by atoms with E-state index in [2.05, 4.69) is 29.4 Å². The quantitative estimate of drug-likeness (QED) is 0.448. The van der Waals surface area contributed by atoms with Gasteiger partial charge in [0, 0.05) is 35.8 Å². The number of para-hydroxylation sites is 1. The van der Waals surface area contributed by atoms with Gasteiger partial charge in [0.05, 0.1) is 5.02 Å². The van der Waals surface area contributed by atoms with E-state index in [0.717, 1.165) is 31.5 Å².